The maximum Gasteiger partial charge on any atom is 0.264 e. The lowest BCUT2D eigenvalue weighted by atomic mass is 9.86. The van der Waals surface area contributed by atoms with E-state index in [0.717, 1.165) is 25.0 Å². The fourth-order valence-electron chi connectivity index (χ4n) is 2.40. The van der Waals surface area contributed by atoms with E-state index < -0.39 is 10.1 Å². The molecule has 3 nitrogen and oxygen atoms in total. The molecule has 0 heterocycles. The van der Waals surface area contributed by atoms with Gasteiger partial charge in [0.2, 0.25) is 0 Å². The molecule has 1 aliphatic carbocycles. The highest BCUT2D eigenvalue weighted by atomic mass is 32.2. The van der Waals surface area contributed by atoms with Gasteiger partial charge in [0.15, 0.2) is 0 Å². The Morgan fingerprint density at radius 1 is 1.06 bits per heavy atom. The van der Waals surface area contributed by atoms with Crippen molar-refractivity contribution in [2.24, 2.45) is 5.92 Å². The monoisotopic (exact) mass is 248 g/mol. The van der Waals surface area contributed by atoms with E-state index >= 15 is 0 Å². The molecule has 0 atom stereocenters. The van der Waals surface area contributed by atoms with Crippen LogP contribution in [0.15, 0.2) is 0 Å². The summed E-state index contributed by atoms with van der Waals surface area (Å²) in [5.74, 6) is 0.935. The highest BCUT2D eigenvalue weighted by Crippen LogP contribution is 2.27. The first kappa shape index (κ1) is 14.0. The summed E-state index contributed by atoms with van der Waals surface area (Å²) in [6, 6.07) is 0. The van der Waals surface area contributed by atoms with Gasteiger partial charge in [0.1, 0.15) is 0 Å². The third kappa shape index (κ3) is 7.23. The van der Waals surface area contributed by atoms with Gasteiger partial charge in [-0.15, -0.1) is 0 Å². The van der Waals surface area contributed by atoms with E-state index in [0.29, 0.717) is 6.61 Å². The minimum Gasteiger partial charge on any atom is -0.270 e. The van der Waals surface area contributed by atoms with Crippen LogP contribution in [-0.2, 0) is 14.3 Å². The first-order valence-electron chi connectivity index (χ1n) is 6.42. The molecular formula is C12H24O3S. The predicted molar refractivity (Wildman–Crippen MR) is 65.8 cm³/mol. The molecule has 0 bridgehead atoms. The number of hydrogen-bond acceptors (Lipinski definition) is 3. The van der Waals surface area contributed by atoms with Crippen molar-refractivity contribution < 1.29 is 12.6 Å². The molecule has 0 saturated heterocycles. The molecule has 4 heteroatoms. The zero-order valence-electron chi connectivity index (χ0n) is 10.3. The van der Waals surface area contributed by atoms with E-state index in [2.05, 4.69) is 0 Å². The Bertz CT molecular complexity index is 266. The molecule has 0 unspecified atom stereocenters. The van der Waals surface area contributed by atoms with E-state index in [1.54, 1.807) is 0 Å². The topological polar surface area (TPSA) is 43.4 Å². The molecule has 0 spiro atoms. The second-order valence-corrected chi connectivity index (χ2v) is 6.52. The van der Waals surface area contributed by atoms with E-state index in [1.165, 1.54) is 44.9 Å². The van der Waals surface area contributed by atoms with Crippen LogP contribution in [0.4, 0.5) is 0 Å². The van der Waals surface area contributed by atoms with Crippen molar-refractivity contribution in [3.8, 4) is 0 Å². The van der Waals surface area contributed by atoms with Crippen molar-refractivity contribution in [2.75, 3.05) is 12.9 Å². The Hall–Kier alpha value is -0.0900. The summed E-state index contributed by atoms with van der Waals surface area (Å²) in [4.78, 5) is 0. The van der Waals surface area contributed by atoms with Crippen molar-refractivity contribution in [1.82, 2.24) is 0 Å². The molecule has 0 radical (unpaired) electrons. The van der Waals surface area contributed by atoms with Gasteiger partial charge >= 0.3 is 0 Å². The van der Waals surface area contributed by atoms with Crippen LogP contribution in [0.5, 0.6) is 0 Å². The van der Waals surface area contributed by atoms with Crippen molar-refractivity contribution in [3.05, 3.63) is 0 Å². The summed E-state index contributed by atoms with van der Waals surface area (Å²) >= 11 is 0. The maximum atomic E-state index is 10.7. The lowest BCUT2D eigenvalue weighted by molar-refractivity contribution is 0.297. The molecule has 1 saturated carbocycles. The van der Waals surface area contributed by atoms with Crippen molar-refractivity contribution >= 4 is 10.1 Å². The van der Waals surface area contributed by atoms with Gasteiger partial charge in [-0.05, 0) is 12.3 Å². The third-order valence-corrected chi connectivity index (χ3v) is 3.87. The molecule has 0 aromatic heterocycles. The van der Waals surface area contributed by atoms with Gasteiger partial charge in [0, 0.05) is 0 Å². The zero-order chi connectivity index (χ0) is 11.9. The van der Waals surface area contributed by atoms with Gasteiger partial charge < -0.3 is 0 Å². The minimum atomic E-state index is -3.23. The van der Waals surface area contributed by atoms with Crippen LogP contribution in [-0.4, -0.2) is 21.3 Å². The maximum absolute atomic E-state index is 10.7. The summed E-state index contributed by atoms with van der Waals surface area (Å²) in [6.07, 6.45) is 12.6. The quantitative estimate of drug-likeness (QED) is 0.513. The molecule has 1 rings (SSSR count). The van der Waals surface area contributed by atoms with Crippen molar-refractivity contribution in [1.29, 1.82) is 0 Å². The van der Waals surface area contributed by atoms with Gasteiger partial charge in [0.25, 0.3) is 10.1 Å². The molecule has 0 aromatic carbocycles. The predicted octanol–water partition coefficient (Wildman–Crippen LogP) is 3.10. The lowest BCUT2D eigenvalue weighted by Crippen LogP contribution is -2.06. The summed E-state index contributed by atoms with van der Waals surface area (Å²) in [7, 11) is -3.23. The van der Waals surface area contributed by atoms with Crippen molar-refractivity contribution in [3.63, 3.8) is 0 Å². The Morgan fingerprint density at radius 2 is 1.75 bits per heavy atom. The highest BCUT2D eigenvalue weighted by molar-refractivity contribution is 7.85. The van der Waals surface area contributed by atoms with Crippen LogP contribution in [0, 0.1) is 5.92 Å². The molecule has 1 aliphatic rings. The average Bonchev–Trinajstić information content (AvgIpc) is 2.23. The van der Waals surface area contributed by atoms with Crippen LogP contribution < -0.4 is 0 Å². The molecule has 0 aliphatic heterocycles. The standard InChI is InChI=1S/C12H24O3S/c1-16(13,14)15-11-7-3-6-10-12-8-4-2-5-9-12/h12H,2-11H2,1H3. The number of rotatable bonds is 7. The third-order valence-electron chi connectivity index (χ3n) is 3.28. The molecular weight excluding hydrogens is 224 g/mol. The second-order valence-electron chi connectivity index (χ2n) is 4.88. The summed E-state index contributed by atoms with van der Waals surface area (Å²) in [6.45, 7) is 0.351. The van der Waals surface area contributed by atoms with Crippen LogP contribution in [0.1, 0.15) is 57.8 Å². The zero-order valence-corrected chi connectivity index (χ0v) is 11.1. The summed E-state index contributed by atoms with van der Waals surface area (Å²) in [5, 5.41) is 0. The Morgan fingerprint density at radius 3 is 2.38 bits per heavy atom. The fourth-order valence-corrected chi connectivity index (χ4v) is 2.82. The largest absolute Gasteiger partial charge is 0.270 e. The fraction of sp³-hybridized carbons (Fsp3) is 1.00. The van der Waals surface area contributed by atoms with Gasteiger partial charge in [-0.1, -0.05) is 51.4 Å². The van der Waals surface area contributed by atoms with E-state index in [-0.39, 0.29) is 0 Å². The minimum absolute atomic E-state index is 0.351. The molecule has 0 N–H and O–H groups in total. The van der Waals surface area contributed by atoms with E-state index in [9.17, 15) is 8.42 Å². The van der Waals surface area contributed by atoms with Crippen LogP contribution in [0.25, 0.3) is 0 Å². The van der Waals surface area contributed by atoms with Gasteiger partial charge in [0.05, 0.1) is 12.9 Å². The first-order valence-corrected chi connectivity index (χ1v) is 8.24. The molecule has 0 amide bonds. The van der Waals surface area contributed by atoms with Crippen LogP contribution in [0.3, 0.4) is 0 Å². The average molecular weight is 248 g/mol. The van der Waals surface area contributed by atoms with E-state index in [4.69, 9.17) is 4.18 Å². The lowest BCUT2D eigenvalue weighted by Gasteiger charge is -2.21. The first-order chi connectivity index (χ1) is 7.58. The Kier molecular flexibility index (Phi) is 6.36. The SMILES string of the molecule is CS(=O)(=O)OCCCCCC1CCCCC1. The van der Waals surface area contributed by atoms with Crippen LogP contribution in [0.2, 0.25) is 0 Å². The normalized spacial score (nSPS) is 18.8. The van der Waals surface area contributed by atoms with Gasteiger partial charge in [-0.2, -0.15) is 8.42 Å². The Balaban J connectivity index is 1.91. The van der Waals surface area contributed by atoms with Crippen molar-refractivity contribution in [2.45, 2.75) is 57.8 Å². The van der Waals surface area contributed by atoms with Gasteiger partial charge in [-0.3, -0.25) is 4.18 Å². The summed E-state index contributed by atoms with van der Waals surface area (Å²) in [5.41, 5.74) is 0. The highest BCUT2D eigenvalue weighted by Gasteiger charge is 2.12. The van der Waals surface area contributed by atoms with E-state index in [1.807, 2.05) is 0 Å². The van der Waals surface area contributed by atoms with Gasteiger partial charge in [-0.25, -0.2) is 0 Å². The molecule has 0 aromatic rings. The second kappa shape index (κ2) is 7.28. The molecule has 96 valence electrons. The Labute approximate surface area is 99.7 Å². The smallest absolute Gasteiger partial charge is 0.264 e. The van der Waals surface area contributed by atoms with Crippen LogP contribution >= 0.6 is 0 Å². The number of unbranched alkanes of at least 4 members (excludes halogenated alkanes) is 2. The summed E-state index contributed by atoms with van der Waals surface area (Å²) < 4.78 is 26.1. The molecule has 16 heavy (non-hydrogen) atoms. The molecule has 1 fully saturated rings. The number of hydrogen-bond donors (Lipinski definition) is 0.